The Morgan fingerprint density at radius 1 is 1.17 bits per heavy atom. The lowest BCUT2D eigenvalue weighted by atomic mass is 9.94. The van der Waals surface area contributed by atoms with Gasteiger partial charge in [-0.05, 0) is 43.5 Å². The molecule has 1 saturated carbocycles. The van der Waals surface area contributed by atoms with Gasteiger partial charge in [0.05, 0.1) is 10.8 Å². The van der Waals surface area contributed by atoms with Crippen LogP contribution in [0, 0.1) is 0 Å². The van der Waals surface area contributed by atoms with Gasteiger partial charge >= 0.3 is 6.18 Å². The molecule has 0 radical (unpaired) electrons. The lowest BCUT2D eigenvalue weighted by molar-refractivity contribution is -0.137. The molecule has 0 heterocycles. The van der Waals surface area contributed by atoms with Crippen molar-refractivity contribution < 1.29 is 26.4 Å². The minimum atomic E-state index is -4.44. The summed E-state index contributed by atoms with van der Waals surface area (Å²) in [6.07, 6.45) is -0.996. The zero-order valence-corrected chi connectivity index (χ0v) is 13.4. The third-order valence-corrected chi connectivity index (χ3v) is 5.68. The Labute approximate surface area is 133 Å². The van der Waals surface area contributed by atoms with Crippen molar-refractivity contribution >= 4 is 15.7 Å². The molecule has 128 valence electrons. The molecule has 0 aliphatic heterocycles. The second-order valence-electron chi connectivity index (χ2n) is 5.86. The van der Waals surface area contributed by atoms with Crippen LogP contribution in [0.5, 0.6) is 0 Å². The van der Waals surface area contributed by atoms with Crippen LogP contribution in [0.15, 0.2) is 24.3 Å². The van der Waals surface area contributed by atoms with Crippen molar-refractivity contribution in [3.63, 3.8) is 0 Å². The molecule has 1 aliphatic rings. The third kappa shape index (κ3) is 4.70. The molecule has 1 N–H and O–H groups in total. The van der Waals surface area contributed by atoms with Gasteiger partial charge in [-0.3, -0.25) is 4.79 Å². The lowest BCUT2D eigenvalue weighted by Crippen LogP contribution is -2.41. The summed E-state index contributed by atoms with van der Waals surface area (Å²) in [6.45, 7) is 0. The molecular formula is C15H18F3NO3S. The molecule has 1 fully saturated rings. The van der Waals surface area contributed by atoms with E-state index in [0.717, 1.165) is 24.3 Å². The maximum atomic E-state index is 12.5. The van der Waals surface area contributed by atoms with Gasteiger partial charge in [0.1, 0.15) is 9.84 Å². The Morgan fingerprint density at radius 2 is 1.78 bits per heavy atom. The first-order valence-corrected chi connectivity index (χ1v) is 9.20. The van der Waals surface area contributed by atoms with E-state index < -0.39 is 32.7 Å². The van der Waals surface area contributed by atoms with Gasteiger partial charge in [-0.25, -0.2) is 8.42 Å². The van der Waals surface area contributed by atoms with Gasteiger partial charge in [-0.2, -0.15) is 13.2 Å². The van der Waals surface area contributed by atoms with Gasteiger partial charge in [-0.1, -0.05) is 6.42 Å². The highest BCUT2D eigenvalue weighted by atomic mass is 32.2. The summed E-state index contributed by atoms with van der Waals surface area (Å²) in [5, 5.41) is 2.23. The number of carbonyl (C=O) groups excluding carboxylic acids is 1. The number of carbonyl (C=O) groups is 1. The zero-order chi connectivity index (χ0) is 17.3. The Balaban J connectivity index is 2.01. The minimum absolute atomic E-state index is 0.125. The van der Waals surface area contributed by atoms with Crippen molar-refractivity contribution in [1.82, 2.24) is 5.32 Å². The Hall–Kier alpha value is -1.57. The van der Waals surface area contributed by atoms with Crippen LogP contribution in [0.2, 0.25) is 0 Å². The van der Waals surface area contributed by atoms with E-state index in [9.17, 15) is 26.4 Å². The first-order valence-electron chi connectivity index (χ1n) is 7.24. The van der Waals surface area contributed by atoms with E-state index in [1.165, 1.54) is 6.26 Å². The number of alkyl halides is 3. The van der Waals surface area contributed by atoms with Crippen molar-refractivity contribution in [1.29, 1.82) is 0 Å². The summed E-state index contributed by atoms with van der Waals surface area (Å²) in [4.78, 5) is 12.1. The molecule has 1 amide bonds. The first-order chi connectivity index (χ1) is 10.6. The fourth-order valence-electron chi connectivity index (χ4n) is 2.74. The first kappa shape index (κ1) is 17.8. The largest absolute Gasteiger partial charge is 0.416 e. The quantitative estimate of drug-likeness (QED) is 0.913. The molecule has 8 heteroatoms. The fourth-order valence-corrected chi connectivity index (χ4v) is 3.92. The number of sulfone groups is 1. The molecule has 2 atom stereocenters. The highest BCUT2D eigenvalue weighted by Gasteiger charge is 2.31. The Morgan fingerprint density at radius 3 is 2.30 bits per heavy atom. The van der Waals surface area contributed by atoms with Gasteiger partial charge < -0.3 is 5.32 Å². The smallest absolute Gasteiger partial charge is 0.349 e. The summed E-state index contributed by atoms with van der Waals surface area (Å²) in [5.41, 5.74) is -0.691. The molecule has 4 nitrogen and oxygen atoms in total. The van der Waals surface area contributed by atoms with Crippen molar-refractivity contribution in [2.45, 2.75) is 43.2 Å². The van der Waals surface area contributed by atoms with E-state index in [1.54, 1.807) is 0 Å². The van der Waals surface area contributed by atoms with E-state index in [1.807, 2.05) is 0 Å². The molecule has 2 rings (SSSR count). The molecule has 23 heavy (non-hydrogen) atoms. The van der Waals surface area contributed by atoms with E-state index in [2.05, 4.69) is 5.32 Å². The highest BCUT2D eigenvalue weighted by molar-refractivity contribution is 7.91. The Bertz CT molecular complexity index is 668. The van der Waals surface area contributed by atoms with Gasteiger partial charge in [0, 0.05) is 17.9 Å². The summed E-state index contributed by atoms with van der Waals surface area (Å²) >= 11 is 0. The maximum absolute atomic E-state index is 12.5. The van der Waals surface area contributed by atoms with Crippen LogP contribution >= 0.6 is 0 Å². The predicted octanol–water partition coefficient (Wildman–Crippen LogP) is 2.79. The third-order valence-electron chi connectivity index (χ3n) is 4.04. The summed E-state index contributed by atoms with van der Waals surface area (Å²) in [6, 6.07) is 3.67. The van der Waals surface area contributed by atoms with E-state index in [-0.39, 0.29) is 11.6 Å². The van der Waals surface area contributed by atoms with Gasteiger partial charge in [-0.15, -0.1) is 0 Å². The average Bonchev–Trinajstić information content (AvgIpc) is 2.46. The molecule has 0 spiro atoms. The lowest BCUT2D eigenvalue weighted by Gasteiger charge is -2.28. The van der Waals surface area contributed by atoms with Crippen LogP contribution in [-0.2, 0) is 16.0 Å². The molecule has 0 bridgehead atoms. The summed E-state index contributed by atoms with van der Waals surface area (Å²) < 4.78 is 60.7. The van der Waals surface area contributed by atoms with Crippen LogP contribution < -0.4 is 5.32 Å². The topological polar surface area (TPSA) is 63.2 Å². The second-order valence-corrected chi connectivity index (χ2v) is 8.19. The predicted molar refractivity (Wildman–Crippen MR) is 79.8 cm³/mol. The Kier molecular flexibility index (Phi) is 5.03. The molecule has 1 aliphatic carbocycles. The zero-order valence-electron chi connectivity index (χ0n) is 12.6. The van der Waals surface area contributed by atoms with E-state index in [0.29, 0.717) is 25.7 Å². The minimum Gasteiger partial charge on any atom is -0.349 e. The number of amides is 1. The van der Waals surface area contributed by atoms with E-state index >= 15 is 0 Å². The monoisotopic (exact) mass is 349 g/mol. The summed E-state index contributed by atoms with van der Waals surface area (Å²) in [7, 11) is -3.16. The molecule has 0 unspecified atom stereocenters. The molecule has 1 aromatic carbocycles. The maximum Gasteiger partial charge on any atom is 0.416 e. The molecular weight excluding hydrogens is 331 g/mol. The van der Waals surface area contributed by atoms with Crippen LogP contribution in [0.25, 0.3) is 0 Å². The van der Waals surface area contributed by atoms with Crippen LogP contribution in [0.4, 0.5) is 13.2 Å². The van der Waals surface area contributed by atoms with Crippen molar-refractivity contribution in [3.05, 3.63) is 35.4 Å². The van der Waals surface area contributed by atoms with E-state index in [4.69, 9.17) is 0 Å². The summed E-state index contributed by atoms with van der Waals surface area (Å²) in [5.74, 6) is -0.488. The molecule has 0 aromatic heterocycles. The van der Waals surface area contributed by atoms with Gasteiger partial charge in [0.2, 0.25) is 0 Å². The molecule has 1 aromatic rings. The highest BCUT2D eigenvalue weighted by Crippen LogP contribution is 2.29. The number of halogens is 3. The number of hydrogen-bond acceptors (Lipinski definition) is 3. The van der Waals surface area contributed by atoms with Crippen molar-refractivity contribution in [2.75, 3.05) is 6.26 Å². The SMILES string of the molecule is CS(=O)(=O)[C@H]1CCC[C@H](NC(=O)c2ccc(C(F)(F)F)cc2)C1. The standard InChI is InChI=1S/C15H18F3NO3S/c1-23(21,22)13-4-2-3-12(9-13)19-14(20)10-5-7-11(8-6-10)15(16,17)18/h5-8,12-13H,2-4,9H2,1H3,(H,19,20)/t12-,13-/m0/s1. The van der Waals surface area contributed by atoms with Gasteiger partial charge in [0.25, 0.3) is 5.91 Å². The van der Waals surface area contributed by atoms with Crippen LogP contribution in [-0.4, -0.2) is 31.9 Å². The van der Waals surface area contributed by atoms with Gasteiger partial charge in [0.15, 0.2) is 0 Å². The number of rotatable bonds is 3. The van der Waals surface area contributed by atoms with Crippen molar-refractivity contribution in [3.8, 4) is 0 Å². The number of hydrogen-bond donors (Lipinski definition) is 1. The number of nitrogens with one attached hydrogen (secondary N) is 1. The fraction of sp³-hybridized carbons (Fsp3) is 0.533. The van der Waals surface area contributed by atoms with Crippen LogP contribution in [0.1, 0.15) is 41.6 Å². The average molecular weight is 349 g/mol. The molecule has 0 saturated heterocycles. The van der Waals surface area contributed by atoms with Crippen molar-refractivity contribution in [2.24, 2.45) is 0 Å². The van der Waals surface area contributed by atoms with Crippen LogP contribution in [0.3, 0.4) is 0 Å². The number of benzene rings is 1. The normalized spacial score (nSPS) is 22.6. The second kappa shape index (κ2) is 6.51.